The minimum Gasteiger partial charge on any atom is -0.564 e. The van der Waals surface area contributed by atoms with Gasteiger partial charge in [0.15, 0.2) is 11.6 Å². The third-order valence-electron chi connectivity index (χ3n) is 9.72. The Hall–Kier alpha value is -6.17. The molecule has 9 aromatic rings. The molecule has 9 rings (SSSR count). The minimum absolute atomic E-state index is 0. The van der Waals surface area contributed by atoms with Crippen LogP contribution in [-0.2, 0) is 21.1 Å². The van der Waals surface area contributed by atoms with Gasteiger partial charge in [-0.15, -0.1) is 24.3 Å². The SMILES string of the molecule is Cc1nc(N(c2[c-]c3c(cc2)oc2ccc(N(c4ccccc4)c4nc(C)n(-c5ccccc5)c4C)[c-]c23)c2ccccc2)c(C)n1-c1ccccc1.[Pt+2]. The molecule has 0 saturated carbocycles. The van der Waals surface area contributed by atoms with Crippen LogP contribution in [0.2, 0.25) is 0 Å². The van der Waals surface area contributed by atoms with Gasteiger partial charge in [-0.2, -0.15) is 22.9 Å². The molecule has 6 aromatic carbocycles. The zero-order valence-electron chi connectivity index (χ0n) is 30.3. The number of para-hydroxylation sites is 4. The standard InChI is InChI=1S/C46H36N6O.Pt/c1-31-45(47-33(3)49(31)35-17-9-5-10-18-35)51(37-21-13-7-14-22-37)39-25-27-43-41(29-39)42-30-40(26-28-44(42)53-43)52(38-23-15-8-16-24-38)46-32(2)50(34(4)48-46)36-19-11-6-12-20-36;/h5-28H,1-4H3;/q-2;+2. The van der Waals surface area contributed by atoms with Gasteiger partial charge in [0.05, 0.1) is 11.4 Å². The zero-order valence-corrected chi connectivity index (χ0v) is 32.5. The molecule has 0 aliphatic heterocycles. The summed E-state index contributed by atoms with van der Waals surface area (Å²) in [6, 6.07) is 57.0. The monoisotopic (exact) mass is 883 g/mol. The van der Waals surface area contributed by atoms with Gasteiger partial charge in [-0.05, 0) is 98.8 Å². The van der Waals surface area contributed by atoms with Gasteiger partial charge in [-0.25, -0.2) is 9.97 Å². The third-order valence-corrected chi connectivity index (χ3v) is 9.72. The molecular formula is C46H36N6OPt. The molecular weight excluding hydrogens is 848 g/mol. The summed E-state index contributed by atoms with van der Waals surface area (Å²) in [7, 11) is 0. The summed E-state index contributed by atoms with van der Waals surface area (Å²) in [4.78, 5) is 14.6. The number of aryl methyl sites for hydroxylation is 2. The van der Waals surface area contributed by atoms with Crippen LogP contribution in [0.1, 0.15) is 23.0 Å². The van der Waals surface area contributed by atoms with Gasteiger partial charge in [0.2, 0.25) is 0 Å². The Bertz CT molecular complexity index is 2530. The molecule has 8 heteroatoms. The Balaban J connectivity index is 0.00000413. The number of hydrogen-bond acceptors (Lipinski definition) is 5. The van der Waals surface area contributed by atoms with Crippen molar-refractivity contribution in [2.24, 2.45) is 0 Å². The van der Waals surface area contributed by atoms with Crippen molar-refractivity contribution < 1.29 is 25.5 Å². The van der Waals surface area contributed by atoms with Crippen LogP contribution >= 0.6 is 0 Å². The van der Waals surface area contributed by atoms with Crippen LogP contribution in [0, 0.1) is 39.8 Å². The molecule has 0 spiro atoms. The van der Waals surface area contributed by atoms with Crippen molar-refractivity contribution in [1.82, 2.24) is 19.1 Å². The number of nitrogens with zero attached hydrogens (tertiary/aromatic N) is 6. The molecule has 266 valence electrons. The van der Waals surface area contributed by atoms with Gasteiger partial charge < -0.3 is 14.2 Å². The molecule has 0 aliphatic rings. The number of benzene rings is 6. The second kappa shape index (κ2) is 14.3. The summed E-state index contributed by atoms with van der Waals surface area (Å²) < 4.78 is 10.8. The first-order chi connectivity index (χ1) is 26.0. The molecule has 54 heavy (non-hydrogen) atoms. The summed E-state index contributed by atoms with van der Waals surface area (Å²) in [6.45, 7) is 8.32. The van der Waals surface area contributed by atoms with Crippen LogP contribution in [0.25, 0.3) is 33.3 Å². The van der Waals surface area contributed by atoms with Crippen molar-refractivity contribution in [3.05, 3.63) is 181 Å². The average molecular weight is 884 g/mol. The fraction of sp³-hybridized carbons (Fsp3) is 0.0870. The molecule has 0 N–H and O–H groups in total. The number of hydrogen-bond donors (Lipinski definition) is 0. The predicted molar refractivity (Wildman–Crippen MR) is 214 cm³/mol. The van der Waals surface area contributed by atoms with E-state index in [1.807, 2.05) is 86.6 Å². The van der Waals surface area contributed by atoms with Crippen LogP contribution in [0.15, 0.2) is 150 Å². The number of fused-ring (bicyclic) bond motifs is 3. The van der Waals surface area contributed by atoms with Crippen molar-refractivity contribution in [2.75, 3.05) is 9.80 Å². The van der Waals surface area contributed by atoms with Crippen LogP contribution in [0.5, 0.6) is 0 Å². The fourth-order valence-corrected chi connectivity index (χ4v) is 7.36. The molecule has 0 aliphatic carbocycles. The molecule has 3 aromatic heterocycles. The Morgan fingerprint density at radius 1 is 0.463 bits per heavy atom. The number of aromatic nitrogens is 4. The maximum Gasteiger partial charge on any atom is 2.00 e. The number of imidazole rings is 2. The van der Waals surface area contributed by atoms with Crippen molar-refractivity contribution in [3.8, 4) is 11.4 Å². The van der Waals surface area contributed by atoms with Crippen molar-refractivity contribution in [3.63, 3.8) is 0 Å². The first kappa shape index (κ1) is 34.9. The van der Waals surface area contributed by atoms with E-state index in [2.05, 4.69) is 118 Å². The van der Waals surface area contributed by atoms with E-state index < -0.39 is 0 Å². The Kier molecular flexibility index (Phi) is 9.26. The number of rotatable bonds is 8. The molecule has 0 amide bonds. The molecule has 7 nitrogen and oxygen atoms in total. The Labute approximate surface area is 329 Å². The zero-order chi connectivity index (χ0) is 36.1. The van der Waals surface area contributed by atoms with E-state index in [0.29, 0.717) is 0 Å². The number of anilines is 6. The molecule has 0 unspecified atom stereocenters. The van der Waals surface area contributed by atoms with Gasteiger partial charge in [0.25, 0.3) is 0 Å². The first-order valence-corrected chi connectivity index (χ1v) is 17.7. The van der Waals surface area contributed by atoms with E-state index in [-0.39, 0.29) is 21.1 Å². The molecule has 0 atom stereocenters. The van der Waals surface area contributed by atoms with Crippen molar-refractivity contribution in [1.29, 1.82) is 0 Å². The van der Waals surface area contributed by atoms with E-state index >= 15 is 0 Å². The normalized spacial score (nSPS) is 11.2. The van der Waals surface area contributed by atoms with Gasteiger partial charge in [-0.3, -0.25) is 9.13 Å². The third kappa shape index (κ3) is 6.01. The van der Waals surface area contributed by atoms with Crippen LogP contribution < -0.4 is 9.80 Å². The second-order valence-corrected chi connectivity index (χ2v) is 13.1. The smallest absolute Gasteiger partial charge is 0.564 e. The van der Waals surface area contributed by atoms with Gasteiger partial charge >= 0.3 is 21.1 Å². The minimum atomic E-state index is 0. The van der Waals surface area contributed by atoms with Crippen LogP contribution in [0.4, 0.5) is 34.4 Å². The molecule has 0 bridgehead atoms. The van der Waals surface area contributed by atoms with Gasteiger partial charge in [-0.1, -0.05) is 72.8 Å². The molecule has 0 saturated heterocycles. The summed E-state index contributed by atoms with van der Waals surface area (Å²) in [6.07, 6.45) is 0. The maximum absolute atomic E-state index is 6.42. The Morgan fingerprint density at radius 2 is 0.815 bits per heavy atom. The first-order valence-electron chi connectivity index (χ1n) is 17.7. The van der Waals surface area contributed by atoms with E-state index in [4.69, 9.17) is 14.4 Å². The van der Waals surface area contributed by atoms with E-state index in [0.717, 1.165) is 90.7 Å². The molecule has 3 heterocycles. The summed E-state index contributed by atoms with van der Waals surface area (Å²) >= 11 is 0. The van der Waals surface area contributed by atoms with Crippen molar-refractivity contribution in [2.45, 2.75) is 27.7 Å². The number of furan rings is 1. The fourth-order valence-electron chi connectivity index (χ4n) is 7.36. The van der Waals surface area contributed by atoms with Crippen molar-refractivity contribution >= 4 is 56.3 Å². The summed E-state index contributed by atoms with van der Waals surface area (Å²) in [5, 5.41) is 1.68. The molecule has 0 radical (unpaired) electrons. The van der Waals surface area contributed by atoms with E-state index in [1.165, 1.54) is 0 Å². The predicted octanol–water partition coefficient (Wildman–Crippen LogP) is 11.7. The van der Waals surface area contributed by atoms with Crippen LogP contribution in [-0.4, -0.2) is 19.1 Å². The van der Waals surface area contributed by atoms with Gasteiger partial charge in [0, 0.05) is 22.7 Å². The summed E-state index contributed by atoms with van der Waals surface area (Å²) in [5.74, 6) is 3.47. The Morgan fingerprint density at radius 3 is 1.19 bits per heavy atom. The van der Waals surface area contributed by atoms with E-state index in [9.17, 15) is 0 Å². The topological polar surface area (TPSA) is 55.3 Å². The van der Waals surface area contributed by atoms with Crippen LogP contribution in [0.3, 0.4) is 0 Å². The summed E-state index contributed by atoms with van der Waals surface area (Å²) in [5.41, 5.74) is 9.31. The quantitative estimate of drug-likeness (QED) is 0.142. The maximum atomic E-state index is 6.42. The largest absolute Gasteiger partial charge is 2.00 e. The second-order valence-electron chi connectivity index (χ2n) is 13.1. The molecule has 0 fully saturated rings. The van der Waals surface area contributed by atoms with E-state index in [1.54, 1.807) is 0 Å². The average Bonchev–Trinajstić information content (AvgIpc) is 3.81. The van der Waals surface area contributed by atoms with Gasteiger partial charge in [0.1, 0.15) is 11.6 Å².